The molecule has 0 saturated carbocycles. The Balaban J connectivity index is 2.76. The van der Waals surface area contributed by atoms with E-state index in [1.807, 2.05) is 25.9 Å². The van der Waals surface area contributed by atoms with E-state index in [1.165, 1.54) is 0 Å². The van der Waals surface area contributed by atoms with Crippen LogP contribution in [0.4, 0.5) is 0 Å². The molecule has 0 saturated heterocycles. The summed E-state index contributed by atoms with van der Waals surface area (Å²) in [6.07, 6.45) is 0.993. The molecule has 0 aliphatic carbocycles. The van der Waals surface area contributed by atoms with Crippen LogP contribution in [0.25, 0.3) is 0 Å². The normalized spacial score (nSPS) is 25.9. The molecular formula is C7H13N2O+. The minimum atomic E-state index is 0.0602. The average Bonchev–Trinajstić information content (AvgIpc) is 2.17. The van der Waals surface area contributed by atoms with Gasteiger partial charge >= 0.3 is 0 Å². The zero-order valence-corrected chi connectivity index (χ0v) is 6.66. The highest BCUT2D eigenvalue weighted by molar-refractivity contribution is 5.80. The molecule has 10 heavy (non-hydrogen) atoms. The van der Waals surface area contributed by atoms with E-state index in [0.717, 1.165) is 18.7 Å². The van der Waals surface area contributed by atoms with Crippen LogP contribution in [-0.4, -0.2) is 48.3 Å². The summed E-state index contributed by atoms with van der Waals surface area (Å²) in [5.74, 6) is 1.16. The van der Waals surface area contributed by atoms with E-state index in [0.29, 0.717) is 0 Å². The number of aldehydes is 1. The standard InChI is InChI=1S/C7H13N2O/c1-6-8(2)4-7(5-10)9(6)3/h5,7H,4H2,1-3H3/q+1. The van der Waals surface area contributed by atoms with Gasteiger partial charge in [0.15, 0.2) is 12.3 Å². The van der Waals surface area contributed by atoms with Gasteiger partial charge in [-0.1, -0.05) is 0 Å². The Labute approximate surface area is 60.9 Å². The van der Waals surface area contributed by atoms with Crippen molar-refractivity contribution in [2.24, 2.45) is 0 Å². The van der Waals surface area contributed by atoms with Crippen molar-refractivity contribution < 1.29 is 9.37 Å². The summed E-state index contributed by atoms with van der Waals surface area (Å²) in [5, 5.41) is 0. The maximum atomic E-state index is 10.4. The fraction of sp³-hybridized carbons (Fsp3) is 0.714. The molecule has 56 valence electrons. The number of likely N-dealkylation sites (N-methyl/N-ethyl adjacent to an activating group) is 2. The average molecular weight is 141 g/mol. The van der Waals surface area contributed by atoms with Crippen molar-refractivity contribution in [1.29, 1.82) is 0 Å². The molecule has 1 rings (SSSR count). The van der Waals surface area contributed by atoms with E-state index < -0.39 is 0 Å². The first-order valence-electron chi connectivity index (χ1n) is 3.39. The fourth-order valence-electron chi connectivity index (χ4n) is 1.18. The van der Waals surface area contributed by atoms with Gasteiger partial charge in [-0.15, -0.1) is 0 Å². The van der Waals surface area contributed by atoms with Crippen molar-refractivity contribution in [3.8, 4) is 0 Å². The number of carbonyl (C=O) groups excluding carboxylic acids is 1. The second-order valence-corrected chi connectivity index (χ2v) is 2.74. The lowest BCUT2D eigenvalue weighted by Gasteiger charge is -2.06. The molecule has 0 aromatic rings. The highest BCUT2D eigenvalue weighted by Gasteiger charge is 2.31. The van der Waals surface area contributed by atoms with Crippen LogP contribution >= 0.6 is 0 Å². The van der Waals surface area contributed by atoms with Gasteiger partial charge in [-0.25, -0.2) is 0 Å². The third kappa shape index (κ3) is 0.916. The zero-order chi connectivity index (χ0) is 7.72. The van der Waals surface area contributed by atoms with Crippen molar-refractivity contribution in [1.82, 2.24) is 4.90 Å². The fourth-order valence-corrected chi connectivity index (χ4v) is 1.18. The van der Waals surface area contributed by atoms with Crippen molar-refractivity contribution >= 4 is 12.1 Å². The van der Waals surface area contributed by atoms with Crippen LogP contribution in [0.15, 0.2) is 0 Å². The molecule has 3 heteroatoms. The monoisotopic (exact) mass is 141 g/mol. The minimum Gasteiger partial charge on any atom is -0.298 e. The molecule has 0 radical (unpaired) electrons. The van der Waals surface area contributed by atoms with Gasteiger partial charge in [-0.05, 0) is 0 Å². The number of nitrogens with zero attached hydrogens (tertiary/aromatic N) is 2. The van der Waals surface area contributed by atoms with Gasteiger partial charge in [0.05, 0.1) is 14.1 Å². The lowest BCUT2D eigenvalue weighted by atomic mass is 10.3. The Morgan fingerprint density at radius 3 is 2.60 bits per heavy atom. The molecule has 1 atom stereocenters. The summed E-state index contributed by atoms with van der Waals surface area (Å²) in [6.45, 7) is 2.84. The SMILES string of the molecule is CC1=[N+](C)CC(C=O)N1C. The van der Waals surface area contributed by atoms with E-state index in [1.54, 1.807) is 0 Å². The molecule has 1 unspecified atom stereocenters. The van der Waals surface area contributed by atoms with Gasteiger partial charge in [0.1, 0.15) is 6.54 Å². The van der Waals surface area contributed by atoms with Crippen molar-refractivity contribution in [2.45, 2.75) is 13.0 Å². The second-order valence-electron chi connectivity index (χ2n) is 2.74. The number of amidine groups is 1. The lowest BCUT2D eigenvalue weighted by Crippen LogP contribution is -2.32. The second kappa shape index (κ2) is 2.40. The summed E-state index contributed by atoms with van der Waals surface area (Å²) >= 11 is 0. The molecule has 0 aromatic carbocycles. The van der Waals surface area contributed by atoms with Crippen molar-refractivity contribution in [3.63, 3.8) is 0 Å². The highest BCUT2D eigenvalue weighted by Crippen LogP contribution is 2.03. The predicted molar refractivity (Wildman–Crippen MR) is 39.3 cm³/mol. The minimum absolute atomic E-state index is 0.0602. The van der Waals surface area contributed by atoms with Crippen LogP contribution in [0.3, 0.4) is 0 Å². The Bertz CT molecular complexity index is 186. The summed E-state index contributed by atoms with van der Waals surface area (Å²) in [5.41, 5.74) is 0. The topological polar surface area (TPSA) is 23.3 Å². The number of hydrogen-bond acceptors (Lipinski definition) is 2. The van der Waals surface area contributed by atoms with E-state index in [9.17, 15) is 4.79 Å². The first kappa shape index (κ1) is 7.25. The van der Waals surface area contributed by atoms with Crippen LogP contribution in [0.5, 0.6) is 0 Å². The zero-order valence-electron chi connectivity index (χ0n) is 6.66. The van der Waals surface area contributed by atoms with E-state index in [-0.39, 0.29) is 6.04 Å². The largest absolute Gasteiger partial charge is 0.298 e. The maximum Gasteiger partial charge on any atom is 0.244 e. The smallest absolute Gasteiger partial charge is 0.244 e. The summed E-state index contributed by atoms with van der Waals surface area (Å²) in [7, 11) is 3.94. The quantitative estimate of drug-likeness (QED) is 0.365. The van der Waals surface area contributed by atoms with Crippen LogP contribution in [0.1, 0.15) is 6.92 Å². The van der Waals surface area contributed by atoms with E-state index in [2.05, 4.69) is 4.58 Å². The molecule has 0 bridgehead atoms. The van der Waals surface area contributed by atoms with E-state index >= 15 is 0 Å². The lowest BCUT2D eigenvalue weighted by molar-refractivity contribution is -0.489. The molecule has 0 spiro atoms. The molecule has 1 aliphatic heterocycles. The Hall–Kier alpha value is -0.860. The van der Waals surface area contributed by atoms with Crippen molar-refractivity contribution in [3.05, 3.63) is 0 Å². The number of hydrogen-bond donors (Lipinski definition) is 0. The molecule has 0 N–H and O–H groups in total. The summed E-state index contributed by atoms with van der Waals surface area (Å²) in [4.78, 5) is 12.4. The Morgan fingerprint density at radius 1 is 1.80 bits per heavy atom. The molecule has 1 aliphatic rings. The molecule has 1 heterocycles. The van der Waals surface area contributed by atoms with E-state index in [4.69, 9.17) is 0 Å². The van der Waals surface area contributed by atoms with Gasteiger partial charge in [0.25, 0.3) is 0 Å². The van der Waals surface area contributed by atoms with Gasteiger partial charge < -0.3 is 0 Å². The highest BCUT2D eigenvalue weighted by atomic mass is 16.1. The van der Waals surface area contributed by atoms with Crippen molar-refractivity contribution in [2.75, 3.05) is 20.6 Å². The van der Waals surface area contributed by atoms with Crippen LogP contribution in [0, 0.1) is 0 Å². The summed E-state index contributed by atoms with van der Waals surface area (Å²) in [6, 6.07) is 0.0602. The Morgan fingerprint density at radius 2 is 2.40 bits per heavy atom. The third-order valence-corrected chi connectivity index (χ3v) is 2.18. The molecular weight excluding hydrogens is 128 g/mol. The first-order valence-corrected chi connectivity index (χ1v) is 3.39. The van der Waals surface area contributed by atoms with Crippen LogP contribution in [-0.2, 0) is 4.79 Å². The van der Waals surface area contributed by atoms with Gasteiger partial charge in [0.2, 0.25) is 5.84 Å². The van der Waals surface area contributed by atoms with Gasteiger partial charge in [0, 0.05) is 6.92 Å². The molecule has 3 nitrogen and oxygen atoms in total. The molecule has 0 fully saturated rings. The first-order chi connectivity index (χ1) is 4.66. The summed E-state index contributed by atoms with van der Waals surface area (Å²) < 4.78 is 2.08. The Kier molecular flexibility index (Phi) is 1.74. The van der Waals surface area contributed by atoms with Gasteiger partial charge in [-0.2, -0.15) is 0 Å². The predicted octanol–water partition coefficient (Wildman–Crippen LogP) is -0.440. The van der Waals surface area contributed by atoms with Gasteiger partial charge in [-0.3, -0.25) is 14.3 Å². The number of rotatable bonds is 1. The maximum absolute atomic E-state index is 10.4. The molecule has 0 amide bonds. The number of carbonyl (C=O) groups is 1. The van der Waals surface area contributed by atoms with Crippen LogP contribution in [0.2, 0.25) is 0 Å². The third-order valence-electron chi connectivity index (χ3n) is 2.18. The molecule has 0 aromatic heterocycles. The van der Waals surface area contributed by atoms with Crippen LogP contribution < -0.4 is 0 Å².